The lowest BCUT2D eigenvalue weighted by molar-refractivity contribution is -0.150. The van der Waals surface area contributed by atoms with Crippen LogP contribution in [-0.2, 0) is 33.9 Å². The van der Waals surface area contributed by atoms with Crippen LogP contribution in [0.5, 0.6) is 0 Å². The number of rotatable bonds is 11. The Morgan fingerprint density at radius 1 is 1.16 bits per heavy atom. The Morgan fingerprint density at radius 3 is 2.38 bits per heavy atom. The monoisotopic (exact) mass is 477 g/mol. The van der Waals surface area contributed by atoms with E-state index in [1.165, 1.54) is 19.0 Å². The van der Waals surface area contributed by atoms with E-state index in [9.17, 15) is 27.6 Å². The molecule has 12 nitrogen and oxygen atoms in total. The zero-order valence-corrected chi connectivity index (χ0v) is 20.1. The van der Waals surface area contributed by atoms with E-state index in [1.54, 1.807) is 13.8 Å². The standard InChI is InChI=1S/C19H35N5O7S/c1-12(2)16(22-15(25)9-6-10-20-32(5,29)30)17(26)21-13(3)18(27)24-11-7-8-14(23-24)19(28)31-4/h12-14,16,20,23H,6-11H2,1-5H3,(H,21,26)(H,22,25)/t13-,14-,16?/m0/s1. The van der Waals surface area contributed by atoms with Crippen LogP contribution in [0.25, 0.3) is 0 Å². The van der Waals surface area contributed by atoms with Crippen LogP contribution in [-0.4, -0.2) is 81.7 Å². The average molecular weight is 478 g/mol. The number of methoxy groups -OCH3 is 1. The molecule has 3 amide bonds. The third-order valence-electron chi connectivity index (χ3n) is 4.88. The van der Waals surface area contributed by atoms with Crippen LogP contribution in [0.2, 0.25) is 0 Å². The maximum absolute atomic E-state index is 12.7. The Labute approximate surface area is 189 Å². The summed E-state index contributed by atoms with van der Waals surface area (Å²) in [6, 6.07) is -2.37. The molecule has 13 heteroatoms. The smallest absolute Gasteiger partial charge is 0.324 e. The second-order valence-electron chi connectivity index (χ2n) is 8.13. The van der Waals surface area contributed by atoms with E-state index in [0.717, 1.165) is 6.26 Å². The van der Waals surface area contributed by atoms with Crippen molar-refractivity contribution in [3.05, 3.63) is 0 Å². The van der Waals surface area contributed by atoms with Crippen molar-refractivity contribution in [2.45, 2.75) is 64.6 Å². The highest BCUT2D eigenvalue weighted by atomic mass is 32.2. The minimum atomic E-state index is -3.33. The molecule has 1 rings (SSSR count). The quantitative estimate of drug-likeness (QED) is 0.209. The average Bonchev–Trinajstić information content (AvgIpc) is 2.72. The molecule has 32 heavy (non-hydrogen) atoms. The number of esters is 1. The third-order valence-corrected chi connectivity index (χ3v) is 5.61. The summed E-state index contributed by atoms with van der Waals surface area (Å²) in [7, 11) is -2.05. The number of carbonyl (C=O) groups is 4. The van der Waals surface area contributed by atoms with Gasteiger partial charge in [0, 0.05) is 19.5 Å². The van der Waals surface area contributed by atoms with Gasteiger partial charge in [-0.25, -0.2) is 18.6 Å². The lowest BCUT2D eigenvalue weighted by Gasteiger charge is -2.34. The zero-order valence-electron chi connectivity index (χ0n) is 19.3. The van der Waals surface area contributed by atoms with Gasteiger partial charge in [-0.3, -0.25) is 24.2 Å². The first-order valence-corrected chi connectivity index (χ1v) is 12.4. The van der Waals surface area contributed by atoms with Crippen molar-refractivity contribution in [1.82, 2.24) is 25.8 Å². The maximum Gasteiger partial charge on any atom is 0.324 e. The van der Waals surface area contributed by atoms with Gasteiger partial charge in [-0.15, -0.1) is 0 Å². The van der Waals surface area contributed by atoms with Gasteiger partial charge >= 0.3 is 5.97 Å². The molecule has 0 aromatic heterocycles. The third kappa shape index (κ3) is 9.49. The molecule has 1 aliphatic rings. The van der Waals surface area contributed by atoms with Gasteiger partial charge in [0.2, 0.25) is 21.8 Å². The molecule has 1 aliphatic heterocycles. The van der Waals surface area contributed by atoms with Gasteiger partial charge in [-0.05, 0) is 32.1 Å². The Hall–Kier alpha value is -2.25. The summed E-state index contributed by atoms with van der Waals surface area (Å²) in [6.45, 7) is 5.55. The fraction of sp³-hybridized carbons (Fsp3) is 0.789. The molecule has 0 spiro atoms. The summed E-state index contributed by atoms with van der Waals surface area (Å²) >= 11 is 0. The Kier molecular flexibility index (Phi) is 11.0. The first kappa shape index (κ1) is 27.8. The Bertz CT molecular complexity index is 787. The summed E-state index contributed by atoms with van der Waals surface area (Å²) < 4.78 is 29.1. The summed E-state index contributed by atoms with van der Waals surface area (Å²) in [5.41, 5.74) is 2.82. The predicted octanol–water partition coefficient (Wildman–Crippen LogP) is -1.37. The molecule has 3 atom stereocenters. The van der Waals surface area contributed by atoms with E-state index < -0.39 is 51.8 Å². The van der Waals surface area contributed by atoms with Gasteiger partial charge in [0.05, 0.1) is 13.4 Å². The first-order valence-electron chi connectivity index (χ1n) is 10.6. The van der Waals surface area contributed by atoms with Crippen LogP contribution in [0.1, 0.15) is 46.5 Å². The molecule has 4 N–H and O–H groups in total. The van der Waals surface area contributed by atoms with E-state index >= 15 is 0 Å². The van der Waals surface area contributed by atoms with Crippen molar-refractivity contribution in [3.8, 4) is 0 Å². The summed E-state index contributed by atoms with van der Waals surface area (Å²) in [6.07, 6.45) is 2.50. The second kappa shape index (κ2) is 12.7. The molecule has 1 heterocycles. The van der Waals surface area contributed by atoms with Gasteiger partial charge in [-0.1, -0.05) is 13.8 Å². The van der Waals surface area contributed by atoms with Crippen LogP contribution in [0.4, 0.5) is 0 Å². The number of ether oxygens (including phenoxy) is 1. The molecule has 184 valence electrons. The highest BCUT2D eigenvalue weighted by Crippen LogP contribution is 2.10. The highest BCUT2D eigenvalue weighted by molar-refractivity contribution is 7.88. The highest BCUT2D eigenvalue weighted by Gasteiger charge is 2.32. The van der Waals surface area contributed by atoms with E-state index in [-0.39, 0.29) is 25.3 Å². The lowest BCUT2D eigenvalue weighted by Crippen LogP contribution is -2.60. The van der Waals surface area contributed by atoms with Gasteiger partial charge in [0.15, 0.2) is 0 Å². The predicted molar refractivity (Wildman–Crippen MR) is 116 cm³/mol. The molecular formula is C19H35N5O7S. The molecule has 0 saturated carbocycles. The lowest BCUT2D eigenvalue weighted by atomic mass is 10.0. The molecule has 1 saturated heterocycles. The number of carbonyl (C=O) groups excluding carboxylic acids is 4. The molecule has 0 radical (unpaired) electrons. The largest absolute Gasteiger partial charge is 0.468 e. The molecule has 0 bridgehead atoms. The van der Waals surface area contributed by atoms with Crippen LogP contribution in [0.15, 0.2) is 0 Å². The summed E-state index contributed by atoms with van der Waals surface area (Å²) in [5.74, 6) is -2.02. The van der Waals surface area contributed by atoms with E-state index in [4.69, 9.17) is 4.74 Å². The number of sulfonamides is 1. The maximum atomic E-state index is 12.7. The number of nitrogens with zero attached hydrogens (tertiary/aromatic N) is 1. The molecule has 1 unspecified atom stereocenters. The second-order valence-corrected chi connectivity index (χ2v) is 9.96. The van der Waals surface area contributed by atoms with Gasteiger partial charge in [-0.2, -0.15) is 0 Å². The molecule has 0 aliphatic carbocycles. The van der Waals surface area contributed by atoms with Gasteiger partial charge < -0.3 is 15.4 Å². The molecular weight excluding hydrogens is 442 g/mol. The van der Waals surface area contributed by atoms with Crippen molar-refractivity contribution >= 4 is 33.7 Å². The summed E-state index contributed by atoms with van der Waals surface area (Å²) in [4.78, 5) is 49.3. The Morgan fingerprint density at radius 2 is 1.81 bits per heavy atom. The van der Waals surface area contributed by atoms with Gasteiger partial charge in [0.1, 0.15) is 18.1 Å². The van der Waals surface area contributed by atoms with Crippen molar-refractivity contribution in [1.29, 1.82) is 0 Å². The Balaban J connectivity index is 2.60. The van der Waals surface area contributed by atoms with Crippen LogP contribution < -0.4 is 20.8 Å². The van der Waals surface area contributed by atoms with Gasteiger partial charge in [0.25, 0.3) is 5.91 Å². The fourth-order valence-corrected chi connectivity index (χ4v) is 3.66. The molecule has 0 aromatic rings. The van der Waals surface area contributed by atoms with Crippen molar-refractivity contribution < 1.29 is 32.3 Å². The van der Waals surface area contributed by atoms with Crippen LogP contribution in [0.3, 0.4) is 0 Å². The topological polar surface area (TPSA) is 163 Å². The first-order chi connectivity index (χ1) is 14.9. The SMILES string of the molecule is COC(=O)[C@@H]1CCCN(C(=O)[C@H](C)NC(=O)C(NC(=O)CCCNS(C)(=O)=O)C(C)C)N1. The van der Waals surface area contributed by atoms with Crippen molar-refractivity contribution in [2.24, 2.45) is 5.92 Å². The molecule has 0 aromatic carbocycles. The van der Waals surface area contributed by atoms with Crippen LogP contribution in [0, 0.1) is 5.92 Å². The normalized spacial score (nSPS) is 18.6. The minimum absolute atomic E-state index is 0.0418. The van der Waals surface area contributed by atoms with Crippen molar-refractivity contribution in [2.75, 3.05) is 26.5 Å². The number of hydrazine groups is 1. The number of hydrogen-bond acceptors (Lipinski definition) is 8. The van der Waals surface area contributed by atoms with Crippen LogP contribution >= 0.6 is 0 Å². The fourth-order valence-electron chi connectivity index (χ4n) is 3.14. The zero-order chi connectivity index (χ0) is 24.5. The van der Waals surface area contributed by atoms with Crippen molar-refractivity contribution in [3.63, 3.8) is 0 Å². The minimum Gasteiger partial charge on any atom is -0.468 e. The summed E-state index contributed by atoms with van der Waals surface area (Å²) in [5, 5.41) is 6.55. The number of nitrogens with one attached hydrogen (secondary N) is 4. The molecule has 1 fully saturated rings. The van der Waals surface area contributed by atoms with E-state index in [0.29, 0.717) is 19.4 Å². The van der Waals surface area contributed by atoms with E-state index in [1.807, 2.05) is 0 Å². The number of hydrogen-bond donors (Lipinski definition) is 4. The number of amides is 3. The van der Waals surface area contributed by atoms with E-state index in [2.05, 4.69) is 20.8 Å².